The molecule has 0 spiro atoms. The predicted octanol–water partition coefficient (Wildman–Crippen LogP) is 0.208. The molecule has 0 radical (unpaired) electrons. The smallest absolute Gasteiger partial charge is 0.410 e. The summed E-state index contributed by atoms with van der Waals surface area (Å²) in [5.74, 6) is 0. The second kappa shape index (κ2) is 3.09. The Morgan fingerprint density at radius 1 is 1.82 bits per heavy atom. The number of hydrogen-bond donors (Lipinski definition) is 1. The molecule has 1 fully saturated rings. The van der Waals surface area contributed by atoms with E-state index in [2.05, 4.69) is 0 Å². The SMILES string of the molecule is CC(C)N1C(=O)OCC1CO. The van der Waals surface area contributed by atoms with Crippen molar-refractivity contribution in [3.05, 3.63) is 0 Å². The van der Waals surface area contributed by atoms with E-state index in [4.69, 9.17) is 9.84 Å². The molecule has 1 rings (SSSR count). The first-order valence-corrected chi connectivity index (χ1v) is 3.72. The number of aliphatic hydroxyl groups excluding tert-OH is 1. The molecule has 1 heterocycles. The van der Waals surface area contributed by atoms with Gasteiger partial charge in [-0.25, -0.2) is 4.79 Å². The van der Waals surface area contributed by atoms with Crippen LogP contribution < -0.4 is 0 Å². The van der Waals surface area contributed by atoms with Crippen LogP contribution in [0.2, 0.25) is 0 Å². The molecule has 0 aromatic carbocycles. The summed E-state index contributed by atoms with van der Waals surface area (Å²) >= 11 is 0. The van der Waals surface area contributed by atoms with Crippen molar-refractivity contribution in [2.75, 3.05) is 13.2 Å². The number of rotatable bonds is 2. The van der Waals surface area contributed by atoms with Crippen LogP contribution in [0.1, 0.15) is 13.8 Å². The Bertz CT molecular complexity index is 158. The number of nitrogens with zero attached hydrogens (tertiary/aromatic N) is 1. The van der Waals surface area contributed by atoms with Crippen LogP contribution in [0.15, 0.2) is 0 Å². The van der Waals surface area contributed by atoms with Crippen molar-refractivity contribution in [2.24, 2.45) is 0 Å². The van der Waals surface area contributed by atoms with Gasteiger partial charge in [-0.3, -0.25) is 4.90 Å². The maximum atomic E-state index is 11.0. The zero-order valence-corrected chi connectivity index (χ0v) is 6.78. The van der Waals surface area contributed by atoms with E-state index in [0.717, 1.165) is 0 Å². The van der Waals surface area contributed by atoms with Crippen LogP contribution in [-0.2, 0) is 4.74 Å². The molecule has 0 bridgehead atoms. The van der Waals surface area contributed by atoms with Crippen LogP contribution in [-0.4, -0.2) is 41.4 Å². The minimum atomic E-state index is -0.320. The third kappa shape index (κ3) is 1.45. The Labute approximate surface area is 65.8 Å². The molecule has 0 aromatic heterocycles. The molecule has 1 saturated heterocycles. The van der Waals surface area contributed by atoms with Crippen molar-refractivity contribution in [3.8, 4) is 0 Å². The van der Waals surface area contributed by atoms with Gasteiger partial charge in [0, 0.05) is 6.04 Å². The van der Waals surface area contributed by atoms with E-state index in [1.165, 1.54) is 0 Å². The molecule has 1 unspecified atom stereocenters. The summed E-state index contributed by atoms with van der Waals surface area (Å²) in [7, 11) is 0. The van der Waals surface area contributed by atoms with Crippen LogP contribution in [0.4, 0.5) is 4.79 Å². The van der Waals surface area contributed by atoms with Crippen molar-refractivity contribution in [2.45, 2.75) is 25.9 Å². The van der Waals surface area contributed by atoms with Crippen LogP contribution in [0.3, 0.4) is 0 Å². The standard InChI is InChI=1S/C7H13NO3/c1-5(2)8-6(3-9)4-11-7(8)10/h5-6,9H,3-4H2,1-2H3. The lowest BCUT2D eigenvalue weighted by molar-refractivity contribution is 0.139. The summed E-state index contributed by atoms with van der Waals surface area (Å²) in [6.07, 6.45) is -0.320. The van der Waals surface area contributed by atoms with E-state index in [0.29, 0.717) is 6.61 Å². The molecule has 1 aliphatic rings. The van der Waals surface area contributed by atoms with Crippen molar-refractivity contribution in [1.82, 2.24) is 4.90 Å². The molecule has 1 aliphatic heterocycles. The summed E-state index contributed by atoms with van der Waals surface area (Å²) in [5.41, 5.74) is 0. The molecule has 0 aliphatic carbocycles. The molecule has 0 saturated carbocycles. The molecular formula is C7H13NO3. The first kappa shape index (κ1) is 8.33. The van der Waals surface area contributed by atoms with E-state index in [9.17, 15) is 4.79 Å². The number of cyclic esters (lactones) is 1. The number of aliphatic hydroxyl groups is 1. The lowest BCUT2D eigenvalue weighted by Crippen LogP contribution is -2.40. The molecule has 4 nitrogen and oxygen atoms in total. The van der Waals surface area contributed by atoms with Gasteiger partial charge in [0.25, 0.3) is 0 Å². The van der Waals surface area contributed by atoms with E-state index >= 15 is 0 Å². The first-order chi connectivity index (χ1) is 5.16. The molecule has 11 heavy (non-hydrogen) atoms. The van der Waals surface area contributed by atoms with E-state index in [1.807, 2.05) is 13.8 Å². The number of hydrogen-bond acceptors (Lipinski definition) is 3. The first-order valence-electron chi connectivity index (χ1n) is 3.72. The molecular weight excluding hydrogens is 146 g/mol. The van der Waals surface area contributed by atoms with Gasteiger partial charge in [-0.2, -0.15) is 0 Å². The minimum Gasteiger partial charge on any atom is -0.447 e. The van der Waals surface area contributed by atoms with Crippen molar-refractivity contribution >= 4 is 6.09 Å². The van der Waals surface area contributed by atoms with Gasteiger partial charge in [-0.1, -0.05) is 0 Å². The van der Waals surface area contributed by atoms with E-state index in [-0.39, 0.29) is 24.8 Å². The Kier molecular flexibility index (Phi) is 2.34. The number of carbonyl (C=O) groups is 1. The summed E-state index contributed by atoms with van der Waals surface area (Å²) in [5, 5.41) is 8.83. The van der Waals surface area contributed by atoms with Crippen LogP contribution >= 0.6 is 0 Å². The molecule has 4 heteroatoms. The fourth-order valence-corrected chi connectivity index (χ4v) is 1.24. The molecule has 1 amide bonds. The lowest BCUT2D eigenvalue weighted by atomic mass is 10.2. The largest absolute Gasteiger partial charge is 0.447 e. The molecule has 0 aromatic rings. The van der Waals surface area contributed by atoms with E-state index in [1.54, 1.807) is 4.90 Å². The number of ether oxygens (including phenoxy) is 1. The van der Waals surface area contributed by atoms with Gasteiger partial charge in [0.2, 0.25) is 0 Å². The Hall–Kier alpha value is -0.770. The van der Waals surface area contributed by atoms with E-state index < -0.39 is 0 Å². The highest BCUT2D eigenvalue weighted by Crippen LogP contribution is 2.14. The molecule has 64 valence electrons. The average Bonchev–Trinajstić information content (AvgIpc) is 2.30. The van der Waals surface area contributed by atoms with Crippen molar-refractivity contribution < 1.29 is 14.6 Å². The molecule has 1 atom stereocenters. The second-order valence-electron chi connectivity index (χ2n) is 2.91. The third-order valence-corrected chi connectivity index (χ3v) is 1.77. The van der Waals surface area contributed by atoms with Crippen LogP contribution in [0.5, 0.6) is 0 Å². The number of carbonyl (C=O) groups excluding carboxylic acids is 1. The highest BCUT2D eigenvalue weighted by Gasteiger charge is 2.33. The zero-order chi connectivity index (χ0) is 8.43. The highest BCUT2D eigenvalue weighted by atomic mass is 16.6. The Morgan fingerprint density at radius 2 is 2.45 bits per heavy atom. The zero-order valence-electron chi connectivity index (χ0n) is 6.78. The van der Waals surface area contributed by atoms with Gasteiger partial charge >= 0.3 is 6.09 Å². The normalized spacial score (nSPS) is 24.5. The monoisotopic (exact) mass is 159 g/mol. The fraction of sp³-hybridized carbons (Fsp3) is 0.857. The maximum absolute atomic E-state index is 11.0. The Morgan fingerprint density at radius 3 is 2.82 bits per heavy atom. The quantitative estimate of drug-likeness (QED) is 0.626. The average molecular weight is 159 g/mol. The lowest BCUT2D eigenvalue weighted by Gasteiger charge is -2.23. The van der Waals surface area contributed by atoms with Crippen LogP contribution in [0, 0.1) is 0 Å². The van der Waals surface area contributed by atoms with Crippen molar-refractivity contribution in [3.63, 3.8) is 0 Å². The fourth-order valence-electron chi connectivity index (χ4n) is 1.24. The topological polar surface area (TPSA) is 49.8 Å². The van der Waals surface area contributed by atoms with Gasteiger partial charge in [0.15, 0.2) is 0 Å². The second-order valence-corrected chi connectivity index (χ2v) is 2.91. The predicted molar refractivity (Wildman–Crippen MR) is 39.2 cm³/mol. The van der Waals surface area contributed by atoms with Crippen molar-refractivity contribution in [1.29, 1.82) is 0 Å². The summed E-state index contributed by atoms with van der Waals surface area (Å²) < 4.78 is 4.76. The third-order valence-electron chi connectivity index (χ3n) is 1.77. The van der Waals surface area contributed by atoms with Gasteiger partial charge < -0.3 is 9.84 Å². The Balaban J connectivity index is 2.63. The summed E-state index contributed by atoms with van der Waals surface area (Å²) in [4.78, 5) is 12.5. The molecule has 1 N–H and O–H groups in total. The van der Waals surface area contributed by atoms with Gasteiger partial charge in [-0.05, 0) is 13.8 Å². The highest BCUT2D eigenvalue weighted by molar-refractivity contribution is 5.70. The minimum absolute atomic E-state index is 0.0239. The van der Waals surface area contributed by atoms with Gasteiger partial charge in [0.05, 0.1) is 12.6 Å². The number of amides is 1. The maximum Gasteiger partial charge on any atom is 0.410 e. The summed E-state index contributed by atoms with van der Waals surface area (Å²) in [6.45, 7) is 4.09. The van der Waals surface area contributed by atoms with Gasteiger partial charge in [0.1, 0.15) is 6.61 Å². The van der Waals surface area contributed by atoms with Crippen LogP contribution in [0.25, 0.3) is 0 Å². The van der Waals surface area contributed by atoms with Gasteiger partial charge in [-0.15, -0.1) is 0 Å². The summed E-state index contributed by atoms with van der Waals surface area (Å²) in [6, 6.07) is -0.0513.